The first-order valence-corrected chi connectivity index (χ1v) is 7.44. The van der Waals surface area contributed by atoms with E-state index in [2.05, 4.69) is 29.4 Å². The molecule has 110 valence electrons. The zero-order valence-electron chi connectivity index (χ0n) is 12.2. The molecule has 5 heteroatoms. The molecule has 0 bridgehead atoms. The van der Waals surface area contributed by atoms with Crippen LogP contribution < -0.4 is 10.6 Å². The van der Waals surface area contributed by atoms with E-state index in [0.717, 1.165) is 52.2 Å². The smallest absolute Gasteiger partial charge is 0.237 e. The molecule has 2 aliphatic rings. The Morgan fingerprint density at radius 2 is 2.32 bits per heavy atom. The Balaban J connectivity index is 1.64. The van der Waals surface area contributed by atoms with Gasteiger partial charge in [-0.25, -0.2) is 0 Å². The molecular formula is C14H27N3O2. The SMILES string of the molecule is CC1(C)CN(CCNC(=O)[C@H]2CCCCN2)CCO1. The van der Waals surface area contributed by atoms with Crippen LogP contribution in [0.1, 0.15) is 33.1 Å². The summed E-state index contributed by atoms with van der Waals surface area (Å²) in [4.78, 5) is 14.3. The lowest BCUT2D eigenvalue weighted by atomic mass is 10.0. The first kappa shape index (κ1) is 14.8. The Morgan fingerprint density at radius 3 is 3.00 bits per heavy atom. The van der Waals surface area contributed by atoms with Crippen molar-refractivity contribution in [3.63, 3.8) is 0 Å². The van der Waals surface area contributed by atoms with Gasteiger partial charge in [-0.15, -0.1) is 0 Å². The van der Waals surface area contributed by atoms with E-state index in [1.807, 2.05) is 0 Å². The summed E-state index contributed by atoms with van der Waals surface area (Å²) in [5, 5.41) is 6.32. The number of hydrogen-bond donors (Lipinski definition) is 2. The number of nitrogens with zero attached hydrogens (tertiary/aromatic N) is 1. The standard InChI is InChI=1S/C14H27N3O2/c1-14(2)11-17(9-10-19-14)8-7-16-13(18)12-5-3-4-6-15-12/h12,15H,3-11H2,1-2H3,(H,16,18)/t12-/m1/s1. The third-order valence-electron chi connectivity index (χ3n) is 3.86. The van der Waals surface area contributed by atoms with Crippen LogP contribution in [0.5, 0.6) is 0 Å². The van der Waals surface area contributed by atoms with Crippen molar-refractivity contribution in [2.45, 2.75) is 44.8 Å². The van der Waals surface area contributed by atoms with Crippen LogP contribution in [-0.4, -0.2) is 61.8 Å². The van der Waals surface area contributed by atoms with Gasteiger partial charge in [0.05, 0.1) is 18.2 Å². The van der Waals surface area contributed by atoms with Crippen LogP contribution >= 0.6 is 0 Å². The molecule has 1 amide bonds. The molecule has 0 aromatic carbocycles. The Morgan fingerprint density at radius 1 is 1.47 bits per heavy atom. The van der Waals surface area contributed by atoms with Crippen molar-refractivity contribution >= 4 is 5.91 Å². The van der Waals surface area contributed by atoms with Gasteiger partial charge in [-0.1, -0.05) is 6.42 Å². The van der Waals surface area contributed by atoms with Crippen molar-refractivity contribution in [3.05, 3.63) is 0 Å². The van der Waals surface area contributed by atoms with E-state index in [0.29, 0.717) is 0 Å². The molecule has 0 spiro atoms. The number of morpholine rings is 1. The lowest BCUT2D eigenvalue weighted by molar-refractivity contribution is -0.123. The number of rotatable bonds is 4. The largest absolute Gasteiger partial charge is 0.373 e. The number of hydrogen-bond acceptors (Lipinski definition) is 4. The zero-order valence-corrected chi connectivity index (χ0v) is 12.2. The number of carbonyl (C=O) groups is 1. The van der Waals surface area contributed by atoms with Crippen molar-refractivity contribution in [2.75, 3.05) is 39.3 Å². The van der Waals surface area contributed by atoms with Crippen LogP contribution in [0.2, 0.25) is 0 Å². The van der Waals surface area contributed by atoms with Crippen molar-refractivity contribution in [1.82, 2.24) is 15.5 Å². The predicted octanol–water partition coefficient (Wildman–Crippen LogP) is 0.356. The second kappa shape index (κ2) is 6.68. The molecule has 0 aromatic rings. The second-order valence-corrected chi connectivity index (χ2v) is 6.18. The Hall–Kier alpha value is -0.650. The third-order valence-corrected chi connectivity index (χ3v) is 3.86. The van der Waals surface area contributed by atoms with E-state index in [1.54, 1.807) is 0 Å². The van der Waals surface area contributed by atoms with Gasteiger partial charge in [-0.05, 0) is 33.2 Å². The van der Waals surface area contributed by atoms with E-state index >= 15 is 0 Å². The number of nitrogens with one attached hydrogen (secondary N) is 2. The Labute approximate surface area is 116 Å². The molecule has 1 atom stereocenters. The van der Waals surface area contributed by atoms with Crippen LogP contribution in [0.3, 0.4) is 0 Å². The highest BCUT2D eigenvalue weighted by Gasteiger charge is 2.27. The van der Waals surface area contributed by atoms with Crippen molar-refractivity contribution in [2.24, 2.45) is 0 Å². The molecule has 2 saturated heterocycles. The highest BCUT2D eigenvalue weighted by atomic mass is 16.5. The molecule has 0 aromatic heterocycles. The number of carbonyl (C=O) groups excluding carboxylic acids is 1. The molecular weight excluding hydrogens is 242 g/mol. The predicted molar refractivity (Wildman–Crippen MR) is 75.1 cm³/mol. The van der Waals surface area contributed by atoms with Gasteiger partial charge in [0.15, 0.2) is 0 Å². The first-order valence-electron chi connectivity index (χ1n) is 7.44. The normalized spacial score (nSPS) is 28.0. The third kappa shape index (κ3) is 4.75. The summed E-state index contributed by atoms with van der Waals surface area (Å²) in [6.07, 6.45) is 3.31. The summed E-state index contributed by atoms with van der Waals surface area (Å²) < 4.78 is 5.68. The fourth-order valence-electron chi connectivity index (χ4n) is 2.84. The van der Waals surface area contributed by atoms with Crippen molar-refractivity contribution < 1.29 is 9.53 Å². The van der Waals surface area contributed by atoms with Gasteiger partial charge in [0.1, 0.15) is 0 Å². The first-order chi connectivity index (χ1) is 9.07. The summed E-state index contributed by atoms with van der Waals surface area (Å²) in [6, 6.07) is 0.0230. The van der Waals surface area contributed by atoms with Gasteiger partial charge in [-0.3, -0.25) is 9.69 Å². The van der Waals surface area contributed by atoms with Gasteiger partial charge in [0.25, 0.3) is 0 Å². The monoisotopic (exact) mass is 269 g/mol. The molecule has 5 nitrogen and oxygen atoms in total. The summed E-state index contributed by atoms with van der Waals surface area (Å²) >= 11 is 0. The average molecular weight is 269 g/mol. The molecule has 19 heavy (non-hydrogen) atoms. The van der Waals surface area contributed by atoms with E-state index < -0.39 is 0 Å². The zero-order chi connectivity index (χ0) is 13.7. The van der Waals surface area contributed by atoms with E-state index in [9.17, 15) is 4.79 Å². The molecule has 2 N–H and O–H groups in total. The van der Waals surface area contributed by atoms with Gasteiger partial charge in [0.2, 0.25) is 5.91 Å². The van der Waals surface area contributed by atoms with E-state index in [-0.39, 0.29) is 17.6 Å². The summed E-state index contributed by atoms with van der Waals surface area (Å²) in [7, 11) is 0. The van der Waals surface area contributed by atoms with Crippen molar-refractivity contribution in [3.8, 4) is 0 Å². The second-order valence-electron chi connectivity index (χ2n) is 6.18. The summed E-state index contributed by atoms with van der Waals surface area (Å²) in [5.74, 6) is 0.159. The summed E-state index contributed by atoms with van der Waals surface area (Å²) in [6.45, 7) is 9.51. The highest BCUT2D eigenvalue weighted by molar-refractivity contribution is 5.81. The highest BCUT2D eigenvalue weighted by Crippen LogP contribution is 2.15. The molecule has 2 aliphatic heterocycles. The van der Waals surface area contributed by atoms with Crippen molar-refractivity contribution in [1.29, 1.82) is 0 Å². The fraction of sp³-hybridized carbons (Fsp3) is 0.929. The van der Waals surface area contributed by atoms with E-state index in [1.165, 1.54) is 6.42 Å². The molecule has 0 unspecified atom stereocenters. The lowest BCUT2D eigenvalue weighted by Crippen LogP contribution is -2.52. The van der Waals surface area contributed by atoms with Gasteiger partial charge in [0, 0.05) is 26.2 Å². The van der Waals surface area contributed by atoms with E-state index in [4.69, 9.17) is 4.74 Å². The Kier molecular flexibility index (Phi) is 5.19. The molecule has 0 saturated carbocycles. The fourth-order valence-corrected chi connectivity index (χ4v) is 2.84. The lowest BCUT2D eigenvalue weighted by Gasteiger charge is -2.38. The molecule has 2 heterocycles. The maximum Gasteiger partial charge on any atom is 0.237 e. The van der Waals surface area contributed by atoms with Crippen LogP contribution in [0.25, 0.3) is 0 Å². The van der Waals surface area contributed by atoms with Crippen LogP contribution in [-0.2, 0) is 9.53 Å². The number of amides is 1. The molecule has 0 radical (unpaired) electrons. The minimum absolute atomic E-state index is 0.0230. The van der Waals surface area contributed by atoms with Crippen LogP contribution in [0.15, 0.2) is 0 Å². The van der Waals surface area contributed by atoms with Gasteiger partial charge in [-0.2, -0.15) is 0 Å². The molecule has 2 fully saturated rings. The van der Waals surface area contributed by atoms with Gasteiger partial charge < -0.3 is 15.4 Å². The quantitative estimate of drug-likeness (QED) is 0.773. The Bertz CT molecular complexity index is 301. The van der Waals surface area contributed by atoms with Crippen LogP contribution in [0.4, 0.5) is 0 Å². The number of ether oxygens (including phenoxy) is 1. The van der Waals surface area contributed by atoms with Crippen LogP contribution in [0, 0.1) is 0 Å². The maximum absolute atomic E-state index is 12.0. The van der Waals surface area contributed by atoms with Gasteiger partial charge >= 0.3 is 0 Å². The molecule has 0 aliphatic carbocycles. The minimum Gasteiger partial charge on any atom is -0.373 e. The summed E-state index contributed by atoms with van der Waals surface area (Å²) in [5.41, 5.74) is -0.0623. The maximum atomic E-state index is 12.0. The number of piperidine rings is 1. The molecule has 2 rings (SSSR count). The topological polar surface area (TPSA) is 53.6 Å². The minimum atomic E-state index is -0.0623. The average Bonchev–Trinajstić information content (AvgIpc) is 2.38.